The maximum absolute atomic E-state index is 10.4. The van der Waals surface area contributed by atoms with Gasteiger partial charge < -0.3 is 11.5 Å². The Hall–Kier alpha value is -1.20. The molecule has 0 aromatic heterocycles. The standard InChI is InChI=1S/C6H8N4O2S2/c7-3-10-6(13-1-4(8)11)14-2-5(9)12/h1-2H2,(H2,8,11)(H2,9,12). The van der Waals surface area contributed by atoms with Crippen LogP contribution in [0.1, 0.15) is 0 Å². The van der Waals surface area contributed by atoms with Crippen molar-refractivity contribution in [1.82, 2.24) is 0 Å². The van der Waals surface area contributed by atoms with Crippen LogP contribution in [0.3, 0.4) is 0 Å². The van der Waals surface area contributed by atoms with Crippen LogP contribution in [0, 0.1) is 11.5 Å². The zero-order valence-corrected chi connectivity index (χ0v) is 8.73. The number of hydrogen-bond donors (Lipinski definition) is 2. The third-order valence-corrected chi connectivity index (χ3v) is 3.06. The molecule has 0 unspecified atom stereocenters. The van der Waals surface area contributed by atoms with Crippen LogP contribution >= 0.6 is 23.5 Å². The van der Waals surface area contributed by atoms with Crippen molar-refractivity contribution < 1.29 is 9.59 Å². The summed E-state index contributed by atoms with van der Waals surface area (Å²) in [7, 11) is 0. The van der Waals surface area contributed by atoms with Crippen LogP contribution in [-0.2, 0) is 9.59 Å². The van der Waals surface area contributed by atoms with Crippen LogP contribution in [0.15, 0.2) is 4.99 Å². The summed E-state index contributed by atoms with van der Waals surface area (Å²) in [5, 5.41) is 8.27. The molecule has 76 valence electrons. The number of nitrogens with zero attached hydrogens (tertiary/aromatic N) is 2. The minimum atomic E-state index is -0.514. The third-order valence-electron chi connectivity index (χ3n) is 0.817. The smallest absolute Gasteiger partial charge is 0.227 e. The summed E-state index contributed by atoms with van der Waals surface area (Å²) in [4.78, 5) is 24.2. The van der Waals surface area contributed by atoms with Crippen molar-refractivity contribution in [3.05, 3.63) is 0 Å². The predicted molar refractivity (Wildman–Crippen MR) is 56.4 cm³/mol. The number of carbonyl (C=O) groups is 2. The molecule has 0 heterocycles. The van der Waals surface area contributed by atoms with E-state index in [2.05, 4.69) is 4.99 Å². The number of thioether (sulfide) groups is 2. The molecule has 4 N–H and O–H groups in total. The van der Waals surface area contributed by atoms with E-state index in [4.69, 9.17) is 16.7 Å². The molecular formula is C6H8N4O2S2. The highest BCUT2D eigenvalue weighted by atomic mass is 32.2. The molecule has 2 amide bonds. The molecule has 14 heavy (non-hydrogen) atoms. The lowest BCUT2D eigenvalue weighted by atomic mass is 10.8. The van der Waals surface area contributed by atoms with Gasteiger partial charge in [-0.25, -0.2) is 0 Å². The average Bonchev–Trinajstić information content (AvgIpc) is 2.09. The predicted octanol–water partition coefficient (Wildman–Crippen LogP) is -0.740. The quantitative estimate of drug-likeness (QED) is 0.375. The van der Waals surface area contributed by atoms with E-state index in [0.717, 1.165) is 23.5 Å². The van der Waals surface area contributed by atoms with Gasteiger partial charge in [0.15, 0.2) is 0 Å². The first-order chi connectivity index (χ1) is 6.56. The molecule has 0 aromatic rings. The number of nitriles is 1. The number of aliphatic imine (C=N–C) groups is 1. The van der Waals surface area contributed by atoms with Gasteiger partial charge in [-0.2, -0.15) is 10.3 Å². The van der Waals surface area contributed by atoms with Crippen molar-refractivity contribution >= 4 is 39.7 Å². The average molecular weight is 232 g/mol. The zero-order valence-electron chi connectivity index (χ0n) is 7.10. The summed E-state index contributed by atoms with van der Waals surface area (Å²) in [6.45, 7) is 0. The van der Waals surface area contributed by atoms with Gasteiger partial charge in [0.25, 0.3) is 0 Å². The zero-order chi connectivity index (χ0) is 11.0. The molecule has 6 nitrogen and oxygen atoms in total. The molecule has 0 bridgehead atoms. The number of amides is 2. The van der Waals surface area contributed by atoms with E-state index in [-0.39, 0.29) is 11.5 Å². The fourth-order valence-corrected chi connectivity index (χ4v) is 1.84. The number of primary amides is 2. The molecular weight excluding hydrogens is 224 g/mol. The summed E-state index contributed by atoms with van der Waals surface area (Å²) in [5.74, 6) is -0.987. The van der Waals surface area contributed by atoms with E-state index < -0.39 is 11.8 Å². The summed E-state index contributed by atoms with van der Waals surface area (Å²) in [6.07, 6.45) is 1.56. The van der Waals surface area contributed by atoms with Crippen molar-refractivity contribution in [1.29, 1.82) is 5.26 Å². The maximum atomic E-state index is 10.4. The Labute approximate surface area is 89.1 Å². The van der Waals surface area contributed by atoms with Crippen molar-refractivity contribution in [3.8, 4) is 6.19 Å². The van der Waals surface area contributed by atoms with Gasteiger partial charge in [0.05, 0.1) is 11.5 Å². The summed E-state index contributed by atoms with van der Waals surface area (Å²) < 4.78 is 0.310. The fourth-order valence-electron chi connectivity index (χ4n) is 0.413. The van der Waals surface area contributed by atoms with Crippen molar-refractivity contribution in [3.63, 3.8) is 0 Å². The van der Waals surface area contributed by atoms with E-state index >= 15 is 0 Å². The normalized spacial score (nSPS) is 8.79. The van der Waals surface area contributed by atoms with E-state index in [1.807, 2.05) is 0 Å². The Bertz CT molecular complexity index is 277. The largest absolute Gasteiger partial charge is 0.369 e. The molecule has 0 rings (SSSR count). The number of carbonyl (C=O) groups excluding carboxylic acids is 2. The Balaban J connectivity index is 4.05. The highest BCUT2D eigenvalue weighted by Gasteiger charge is 2.06. The SMILES string of the molecule is N#CN=C(SCC(N)=O)SCC(N)=O. The minimum Gasteiger partial charge on any atom is -0.369 e. The Morgan fingerprint density at radius 2 is 1.64 bits per heavy atom. The first kappa shape index (κ1) is 12.8. The second-order valence-electron chi connectivity index (χ2n) is 1.99. The van der Waals surface area contributed by atoms with Gasteiger partial charge in [-0.15, -0.1) is 0 Å². The Morgan fingerprint density at radius 1 is 1.21 bits per heavy atom. The van der Waals surface area contributed by atoms with E-state index in [9.17, 15) is 9.59 Å². The Morgan fingerprint density at radius 3 is 1.93 bits per heavy atom. The van der Waals surface area contributed by atoms with E-state index in [1.165, 1.54) is 0 Å². The van der Waals surface area contributed by atoms with E-state index in [0.29, 0.717) is 4.38 Å². The molecule has 0 radical (unpaired) electrons. The number of rotatable bonds is 4. The summed E-state index contributed by atoms with van der Waals surface area (Å²) in [6, 6.07) is 0. The van der Waals surface area contributed by atoms with Crippen molar-refractivity contribution in [2.75, 3.05) is 11.5 Å². The fraction of sp³-hybridized carbons (Fsp3) is 0.333. The van der Waals surface area contributed by atoms with Crippen molar-refractivity contribution in [2.45, 2.75) is 0 Å². The van der Waals surface area contributed by atoms with Gasteiger partial charge in [0, 0.05) is 0 Å². The minimum absolute atomic E-state index is 0.0201. The lowest BCUT2D eigenvalue weighted by Crippen LogP contribution is -2.16. The third kappa shape index (κ3) is 7.45. The van der Waals surface area contributed by atoms with Gasteiger partial charge in [-0.3, -0.25) is 9.59 Å². The van der Waals surface area contributed by atoms with Crippen LogP contribution in [0.2, 0.25) is 0 Å². The summed E-state index contributed by atoms with van der Waals surface area (Å²) in [5.41, 5.74) is 9.79. The van der Waals surface area contributed by atoms with Gasteiger partial charge in [0.2, 0.25) is 18.0 Å². The number of nitrogens with two attached hydrogens (primary N) is 2. The first-order valence-electron chi connectivity index (χ1n) is 3.35. The van der Waals surface area contributed by atoms with Crippen LogP contribution in [0.5, 0.6) is 0 Å². The van der Waals surface area contributed by atoms with Crippen LogP contribution < -0.4 is 11.5 Å². The van der Waals surface area contributed by atoms with E-state index in [1.54, 1.807) is 6.19 Å². The van der Waals surface area contributed by atoms with Gasteiger partial charge in [-0.05, 0) is 0 Å². The Kier molecular flexibility index (Phi) is 6.61. The maximum Gasteiger partial charge on any atom is 0.227 e. The molecule has 0 atom stereocenters. The van der Waals surface area contributed by atoms with Gasteiger partial charge >= 0.3 is 0 Å². The molecule has 8 heteroatoms. The molecule has 0 aliphatic heterocycles. The lowest BCUT2D eigenvalue weighted by molar-refractivity contribution is -0.116. The lowest BCUT2D eigenvalue weighted by Gasteiger charge is -1.99. The molecule has 0 saturated carbocycles. The molecule has 0 spiro atoms. The molecule has 0 fully saturated rings. The second-order valence-corrected chi connectivity index (χ2v) is 4.17. The van der Waals surface area contributed by atoms with Gasteiger partial charge in [-0.1, -0.05) is 23.5 Å². The highest BCUT2D eigenvalue weighted by molar-refractivity contribution is 8.39. The van der Waals surface area contributed by atoms with Crippen molar-refractivity contribution in [2.24, 2.45) is 16.5 Å². The topological polar surface area (TPSA) is 122 Å². The molecule has 0 aliphatic rings. The van der Waals surface area contributed by atoms with Crippen LogP contribution in [-0.4, -0.2) is 27.7 Å². The van der Waals surface area contributed by atoms with Crippen LogP contribution in [0.25, 0.3) is 0 Å². The molecule has 0 aromatic carbocycles. The monoisotopic (exact) mass is 232 g/mol. The summed E-state index contributed by atoms with van der Waals surface area (Å²) >= 11 is 2.01. The number of hydrogen-bond acceptors (Lipinski definition) is 6. The second kappa shape index (κ2) is 7.23. The van der Waals surface area contributed by atoms with Crippen LogP contribution in [0.4, 0.5) is 0 Å². The molecule has 0 aliphatic carbocycles. The molecule has 0 saturated heterocycles. The first-order valence-corrected chi connectivity index (χ1v) is 5.32. The van der Waals surface area contributed by atoms with Gasteiger partial charge in [0.1, 0.15) is 4.38 Å². The highest BCUT2D eigenvalue weighted by Crippen LogP contribution is 2.16.